The highest BCUT2D eigenvalue weighted by Crippen LogP contribution is 2.23. The van der Waals surface area contributed by atoms with Gasteiger partial charge in [-0.15, -0.1) is 0 Å². The van der Waals surface area contributed by atoms with Crippen molar-refractivity contribution < 1.29 is 18.3 Å². The summed E-state index contributed by atoms with van der Waals surface area (Å²) in [6, 6.07) is -0.336. The van der Waals surface area contributed by atoms with Crippen molar-refractivity contribution in [1.82, 2.24) is 4.31 Å². The monoisotopic (exact) mass is 221 g/mol. The molecule has 5 nitrogen and oxygen atoms in total. The molecular formula is C8H15NO4S. The van der Waals surface area contributed by atoms with E-state index in [1.165, 1.54) is 4.31 Å². The van der Waals surface area contributed by atoms with Crippen LogP contribution in [0.15, 0.2) is 0 Å². The first-order chi connectivity index (χ1) is 6.47. The number of hydrogen-bond acceptors (Lipinski definition) is 3. The summed E-state index contributed by atoms with van der Waals surface area (Å²) in [6.07, 6.45) is 1.34. The minimum Gasteiger partial charge on any atom is -0.481 e. The number of nitrogens with zero attached hydrogens (tertiary/aromatic N) is 1. The van der Waals surface area contributed by atoms with Crippen LogP contribution in [-0.2, 0) is 14.8 Å². The fourth-order valence-corrected chi connectivity index (χ4v) is 3.12. The fraction of sp³-hybridized carbons (Fsp3) is 0.875. The second-order valence-electron chi connectivity index (χ2n) is 3.41. The summed E-state index contributed by atoms with van der Waals surface area (Å²) in [5, 5.41) is 8.61. The number of carboxylic acids is 1. The van der Waals surface area contributed by atoms with Crippen LogP contribution in [0, 0.1) is 0 Å². The molecule has 0 radical (unpaired) electrons. The maximum Gasteiger partial charge on any atom is 0.304 e. The molecule has 0 amide bonds. The average molecular weight is 221 g/mol. The Kier molecular flexibility index (Phi) is 3.49. The predicted molar refractivity (Wildman–Crippen MR) is 51.4 cm³/mol. The largest absolute Gasteiger partial charge is 0.481 e. The van der Waals surface area contributed by atoms with Gasteiger partial charge >= 0.3 is 5.97 Å². The van der Waals surface area contributed by atoms with E-state index in [0.717, 1.165) is 6.42 Å². The highest BCUT2D eigenvalue weighted by molar-refractivity contribution is 7.89. The second-order valence-corrected chi connectivity index (χ2v) is 5.62. The summed E-state index contributed by atoms with van der Waals surface area (Å²) in [5.74, 6) is -0.892. The summed E-state index contributed by atoms with van der Waals surface area (Å²) >= 11 is 0. The Bertz CT molecular complexity index is 311. The molecule has 1 rings (SSSR count). The van der Waals surface area contributed by atoms with Crippen LogP contribution in [0.4, 0.5) is 0 Å². The molecule has 14 heavy (non-hydrogen) atoms. The van der Waals surface area contributed by atoms with E-state index in [0.29, 0.717) is 13.0 Å². The van der Waals surface area contributed by atoms with Gasteiger partial charge in [-0.1, -0.05) is 0 Å². The van der Waals surface area contributed by atoms with Crippen LogP contribution in [0.25, 0.3) is 0 Å². The van der Waals surface area contributed by atoms with Crippen molar-refractivity contribution in [3.63, 3.8) is 0 Å². The van der Waals surface area contributed by atoms with Gasteiger partial charge in [-0.05, 0) is 19.8 Å². The second kappa shape index (κ2) is 4.27. The number of sulfonamides is 1. The molecule has 0 aromatic carbocycles. The Morgan fingerprint density at radius 1 is 1.57 bits per heavy atom. The molecule has 1 unspecified atom stereocenters. The molecule has 1 atom stereocenters. The number of hydrogen-bond donors (Lipinski definition) is 1. The smallest absolute Gasteiger partial charge is 0.304 e. The van der Waals surface area contributed by atoms with E-state index >= 15 is 0 Å². The van der Waals surface area contributed by atoms with Crippen LogP contribution in [0.5, 0.6) is 0 Å². The molecule has 1 aliphatic heterocycles. The Morgan fingerprint density at radius 3 is 2.71 bits per heavy atom. The standard InChI is InChI=1S/C8H15NO4S/c1-2-14(12,13)9-5-3-4-7(9)6-8(10)11/h7H,2-6H2,1H3,(H,10,11). The van der Waals surface area contributed by atoms with Crippen molar-refractivity contribution in [3.8, 4) is 0 Å². The molecule has 0 bridgehead atoms. The van der Waals surface area contributed by atoms with Gasteiger partial charge in [0.2, 0.25) is 10.0 Å². The summed E-state index contributed by atoms with van der Waals surface area (Å²) in [6.45, 7) is 2.04. The van der Waals surface area contributed by atoms with Crippen LogP contribution >= 0.6 is 0 Å². The van der Waals surface area contributed by atoms with Crippen molar-refractivity contribution in [3.05, 3.63) is 0 Å². The molecule has 1 N–H and O–H groups in total. The van der Waals surface area contributed by atoms with E-state index in [-0.39, 0.29) is 18.2 Å². The minimum atomic E-state index is -3.22. The SMILES string of the molecule is CCS(=O)(=O)N1CCCC1CC(=O)O. The van der Waals surface area contributed by atoms with E-state index in [4.69, 9.17) is 5.11 Å². The van der Waals surface area contributed by atoms with Crippen LogP contribution < -0.4 is 0 Å². The van der Waals surface area contributed by atoms with Crippen molar-refractivity contribution >= 4 is 16.0 Å². The molecule has 0 spiro atoms. The molecule has 0 aromatic heterocycles. The first-order valence-electron chi connectivity index (χ1n) is 4.68. The number of aliphatic carboxylic acids is 1. The lowest BCUT2D eigenvalue weighted by Gasteiger charge is -2.21. The summed E-state index contributed by atoms with van der Waals surface area (Å²) in [5.41, 5.74) is 0. The van der Waals surface area contributed by atoms with Crippen LogP contribution in [-0.4, -0.2) is 42.1 Å². The first kappa shape index (κ1) is 11.5. The van der Waals surface area contributed by atoms with Crippen molar-refractivity contribution in [2.75, 3.05) is 12.3 Å². The van der Waals surface area contributed by atoms with Gasteiger partial charge in [-0.2, -0.15) is 4.31 Å². The van der Waals surface area contributed by atoms with Gasteiger partial charge in [0.05, 0.1) is 12.2 Å². The van der Waals surface area contributed by atoms with Gasteiger partial charge in [0.25, 0.3) is 0 Å². The Hall–Kier alpha value is -0.620. The zero-order chi connectivity index (χ0) is 10.8. The molecule has 0 aromatic rings. The van der Waals surface area contributed by atoms with E-state index in [2.05, 4.69) is 0 Å². The summed E-state index contributed by atoms with van der Waals surface area (Å²) < 4.78 is 24.4. The summed E-state index contributed by atoms with van der Waals surface area (Å²) in [7, 11) is -3.22. The number of carbonyl (C=O) groups is 1. The highest BCUT2D eigenvalue weighted by Gasteiger charge is 2.33. The molecule has 1 fully saturated rings. The van der Waals surface area contributed by atoms with Crippen molar-refractivity contribution in [2.45, 2.75) is 32.2 Å². The Morgan fingerprint density at radius 2 is 2.21 bits per heavy atom. The van der Waals surface area contributed by atoms with Crippen molar-refractivity contribution in [1.29, 1.82) is 0 Å². The third-order valence-electron chi connectivity index (χ3n) is 2.46. The van der Waals surface area contributed by atoms with E-state index in [1.54, 1.807) is 6.92 Å². The third kappa shape index (κ3) is 2.45. The highest BCUT2D eigenvalue weighted by atomic mass is 32.2. The topological polar surface area (TPSA) is 74.7 Å². The first-order valence-corrected chi connectivity index (χ1v) is 6.29. The normalized spacial score (nSPS) is 23.9. The van der Waals surface area contributed by atoms with Gasteiger partial charge < -0.3 is 5.11 Å². The lowest BCUT2D eigenvalue weighted by Crippen LogP contribution is -2.37. The average Bonchev–Trinajstić information content (AvgIpc) is 2.52. The van der Waals surface area contributed by atoms with Gasteiger partial charge in [-0.3, -0.25) is 4.79 Å². The number of rotatable bonds is 4. The van der Waals surface area contributed by atoms with E-state index in [1.807, 2.05) is 0 Å². The lowest BCUT2D eigenvalue weighted by molar-refractivity contribution is -0.137. The Labute approximate surface area is 83.8 Å². The van der Waals surface area contributed by atoms with E-state index in [9.17, 15) is 13.2 Å². The van der Waals surface area contributed by atoms with Crippen LogP contribution in [0.1, 0.15) is 26.2 Å². The van der Waals surface area contributed by atoms with Crippen molar-refractivity contribution in [2.24, 2.45) is 0 Å². The predicted octanol–water partition coefficient (Wildman–Crippen LogP) is 0.275. The molecule has 0 aliphatic carbocycles. The maximum absolute atomic E-state index is 11.5. The molecule has 0 saturated carbocycles. The molecule has 82 valence electrons. The van der Waals surface area contributed by atoms with Gasteiger partial charge in [-0.25, -0.2) is 8.42 Å². The molecule has 1 heterocycles. The lowest BCUT2D eigenvalue weighted by atomic mass is 10.2. The third-order valence-corrected chi connectivity index (χ3v) is 4.38. The fourth-order valence-electron chi connectivity index (χ4n) is 1.75. The van der Waals surface area contributed by atoms with Crippen LogP contribution in [0.3, 0.4) is 0 Å². The molecule has 6 heteroatoms. The minimum absolute atomic E-state index is 0.0448. The molecule has 1 aliphatic rings. The van der Waals surface area contributed by atoms with Crippen LogP contribution in [0.2, 0.25) is 0 Å². The Balaban J connectivity index is 2.74. The van der Waals surface area contributed by atoms with Gasteiger partial charge in [0.15, 0.2) is 0 Å². The quantitative estimate of drug-likeness (QED) is 0.739. The maximum atomic E-state index is 11.5. The van der Waals surface area contributed by atoms with Gasteiger partial charge in [0.1, 0.15) is 0 Å². The summed E-state index contributed by atoms with van der Waals surface area (Å²) in [4.78, 5) is 10.5. The molecule has 1 saturated heterocycles. The zero-order valence-electron chi connectivity index (χ0n) is 8.14. The number of carboxylic acid groups (broad SMARTS) is 1. The molecular weight excluding hydrogens is 206 g/mol. The zero-order valence-corrected chi connectivity index (χ0v) is 8.96. The van der Waals surface area contributed by atoms with E-state index < -0.39 is 16.0 Å². The van der Waals surface area contributed by atoms with Gasteiger partial charge in [0, 0.05) is 12.6 Å².